The van der Waals surface area contributed by atoms with Gasteiger partial charge in [0.2, 0.25) is 0 Å². The average molecular weight is 251 g/mol. The highest BCUT2D eigenvalue weighted by Crippen LogP contribution is 2.13. The third-order valence-corrected chi connectivity index (χ3v) is 2.36. The molecule has 0 saturated carbocycles. The van der Waals surface area contributed by atoms with E-state index in [9.17, 15) is 4.79 Å². The molecule has 0 fully saturated rings. The van der Waals surface area contributed by atoms with Gasteiger partial charge in [0.1, 0.15) is 5.75 Å². The number of methoxy groups -OCH3 is 1. The van der Waals surface area contributed by atoms with E-state index in [2.05, 4.69) is 10.1 Å². The smallest absolute Gasteiger partial charge is 0.306 e. The number of esters is 1. The Bertz CT molecular complexity index is 360. The molecular weight excluding hydrogens is 230 g/mol. The van der Waals surface area contributed by atoms with Gasteiger partial charge in [0.25, 0.3) is 0 Å². The molecule has 0 aliphatic carbocycles. The van der Waals surface area contributed by atoms with Crippen molar-refractivity contribution >= 4 is 5.97 Å². The van der Waals surface area contributed by atoms with Crippen molar-refractivity contribution < 1.29 is 14.3 Å². The van der Waals surface area contributed by atoms with Crippen LogP contribution in [0.4, 0.5) is 0 Å². The van der Waals surface area contributed by atoms with Crippen LogP contribution in [-0.4, -0.2) is 25.7 Å². The highest BCUT2D eigenvalue weighted by atomic mass is 16.5. The fourth-order valence-electron chi connectivity index (χ4n) is 1.48. The summed E-state index contributed by atoms with van der Waals surface area (Å²) in [5.74, 6) is 0.687. The van der Waals surface area contributed by atoms with E-state index < -0.39 is 0 Å². The highest BCUT2D eigenvalue weighted by Gasteiger charge is 2.00. The second kappa shape index (κ2) is 7.71. The van der Waals surface area contributed by atoms with Crippen molar-refractivity contribution in [1.82, 2.24) is 5.32 Å². The van der Waals surface area contributed by atoms with Gasteiger partial charge in [0.05, 0.1) is 19.6 Å². The molecule has 0 unspecified atom stereocenters. The Morgan fingerprint density at radius 3 is 2.50 bits per heavy atom. The second-order valence-electron chi connectivity index (χ2n) is 4.31. The molecule has 1 aromatic rings. The number of carbonyl (C=O) groups is 1. The molecule has 100 valence electrons. The predicted molar refractivity (Wildman–Crippen MR) is 70.5 cm³/mol. The lowest BCUT2D eigenvalue weighted by molar-refractivity contribution is -0.140. The van der Waals surface area contributed by atoms with E-state index in [0.717, 1.165) is 17.9 Å². The average Bonchev–Trinajstić information content (AvgIpc) is 2.35. The fraction of sp³-hybridized carbons (Fsp3) is 0.500. The van der Waals surface area contributed by atoms with Gasteiger partial charge in [-0.25, -0.2) is 0 Å². The summed E-state index contributed by atoms with van der Waals surface area (Å²) in [4.78, 5) is 10.9. The fourth-order valence-corrected chi connectivity index (χ4v) is 1.48. The van der Waals surface area contributed by atoms with Crippen LogP contribution < -0.4 is 10.1 Å². The van der Waals surface area contributed by atoms with Crippen molar-refractivity contribution in [1.29, 1.82) is 0 Å². The minimum atomic E-state index is -0.191. The molecule has 0 amide bonds. The van der Waals surface area contributed by atoms with Crippen LogP contribution in [0.1, 0.15) is 25.8 Å². The molecule has 4 heteroatoms. The largest absolute Gasteiger partial charge is 0.491 e. The summed E-state index contributed by atoms with van der Waals surface area (Å²) in [6, 6.07) is 7.94. The van der Waals surface area contributed by atoms with Crippen LogP contribution in [0.15, 0.2) is 24.3 Å². The summed E-state index contributed by atoms with van der Waals surface area (Å²) in [6.07, 6.45) is 0.583. The standard InChI is InChI=1S/C14H21NO3/c1-11(2)18-13-6-4-12(5-7-13)10-15-9-8-14(16)17-3/h4-7,11,15H,8-10H2,1-3H3. The molecule has 0 radical (unpaired) electrons. The first-order valence-corrected chi connectivity index (χ1v) is 6.15. The number of rotatable bonds is 7. The summed E-state index contributed by atoms with van der Waals surface area (Å²) in [5.41, 5.74) is 1.16. The van der Waals surface area contributed by atoms with E-state index in [4.69, 9.17) is 4.74 Å². The molecule has 0 atom stereocenters. The molecule has 0 aliphatic rings. The lowest BCUT2D eigenvalue weighted by Crippen LogP contribution is -2.18. The number of carbonyl (C=O) groups excluding carboxylic acids is 1. The van der Waals surface area contributed by atoms with Crippen LogP contribution in [0.2, 0.25) is 0 Å². The Hall–Kier alpha value is -1.55. The second-order valence-corrected chi connectivity index (χ2v) is 4.31. The molecule has 4 nitrogen and oxygen atoms in total. The number of benzene rings is 1. The van der Waals surface area contributed by atoms with E-state index in [1.54, 1.807) is 0 Å². The molecule has 1 rings (SSSR count). The Kier molecular flexibility index (Phi) is 6.22. The maximum Gasteiger partial charge on any atom is 0.306 e. The van der Waals surface area contributed by atoms with Crippen LogP contribution in [0, 0.1) is 0 Å². The molecule has 0 bridgehead atoms. The first-order valence-electron chi connectivity index (χ1n) is 6.15. The molecule has 0 aliphatic heterocycles. The van der Waals surface area contributed by atoms with E-state index in [1.165, 1.54) is 7.11 Å². The van der Waals surface area contributed by atoms with Gasteiger partial charge in [-0.05, 0) is 31.5 Å². The minimum Gasteiger partial charge on any atom is -0.491 e. The van der Waals surface area contributed by atoms with Gasteiger partial charge in [-0.3, -0.25) is 4.79 Å². The third kappa shape index (κ3) is 5.68. The zero-order chi connectivity index (χ0) is 13.4. The van der Waals surface area contributed by atoms with Crippen LogP contribution in [0.5, 0.6) is 5.75 Å². The Labute approximate surface area is 108 Å². The minimum absolute atomic E-state index is 0.189. The van der Waals surface area contributed by atoms with E-state index in [0.29, 0.717) is 13.0 Å². The van der Waals surface area contributed by atoms with Gasteiger partial charge in [0.15, 0.2) is 0 Å². The van der Waals surface area contributed by atoms with E-state index in [-0.39, 0.29) is 12.1 Å². The molecule has 18 heavy (non-hydrogen) atoms. The molecule has 0 spiro atoms. The lowest BCUT2D eigenvalue weighted by atomic mass is 10.2. The number of ether oxygens (including phenoxy) is 2. The van der Waals surface area contributed by atoms with Crippen molar-refractivity contribution in [2.45, 2.75) is 32.9 Å². The molecular formula is C14H21NO3. The zero-order valence-electron chi connectivity index (χ0n) is 11.2. The lowest BCUT2D eigenvalue weighted by Gasteiger charge is -2.10. The van der Waals surface area contributed by atoms with Crippen LogP contribution in [0.25, 0.3) is 0 Å². The van der Waals surface area contributed by atoms with E-state index >= 15 is 0 Å². The number of nitrogens with one attached hydrogen (secondary N) is 1. The maximum atomic E-state index is 10.9. The van der Waals surface area contributed by atoms with Gasteiger partial charge >= 0.3 is 5.97 Å². The zero-order valence-corrected chi connectivity index (χ0v) is 11.2. The quantitative estimate of drug-likeness (QED) is 0.595. The van der Waals surface area contributed by atoms with Gasteiger partial charge in [-0.2, -0.15) is 0 Å². The van der Waals surface area contributed by atoms with Gasteiger partial charge in [-0.15, -0.1) is 0 Å². The van der Waals surface area contributed by atoms with Crippen LogP contribution >= 0.6 is 0 Å². The predicted octanol–water partition coefficient (Wildman–Crippen LogP) is 2.13. The number of hydrogen-bond donors (Lipinski definition) is 1. The van der Waals surface area contributed by atoms with Gasteiger partial charge < -0.3 is 14.8 Å². The third-order valence-electron chi connectivity index (χ3n) is 2.36. The molecule has 1 N–H and O–H groups in total. The Morgan fingerprint density at radius 2 is 1.94 bits per heavy atom. The molecule has 0 saturated heterocycles. The summed E-state index contributed by atoms with van der Waals surface area (Å²) in [5, 5.41) is 3.19. The van der Waals surface area contributed by atoms with Crippen molar-refractivity contribution in [2.75, 3.05) is 13.7 Å². The van der Waals surface area contributed by atoms with Crippen molar-refractivity contribution in [3.8, 4) is 5.75 Å². The molecule has 1 aromatic carbocycles. The highest BCUT2D eigenvalue weighted by molar-refractivity contribution is 5.69. The normalized spacial score (nSPS) is 10.4. The van der Waals surface area contributed by atoms with E-state index in [1.807, 2.05) is 38.1 Å². The van der Waals surface area contributed by atoms with Crippen LogP contribution in [-0.2, 0) is 16.1 Å². The summed E-state index contributed by atoms with van der Waals surface area (Å²) in [6.45, 7) is 5.36. The molecule has 0 heterocycles. The van der Waals surface area contributed by atoms with Crippen molar-refractivity contribution in [3.63, 3.8) is 0 Å². The van der Waals surface area contributed by atoms with Gasteiger partial charge in [-0.1, -0.05) is 12.1 Å². The van der Waals surface area contributed by atoms with Crippen molar-refractivity contribution in [3.05, 3.63) is 29.8 Å². The monoisotopic (exact) mass is 251 g/mol. The van der Waals surface area contributed by atoms with Gasteiger partial charge in [0, 0.05) is 13.1 Å². The Balaban J connectivity index is 2.28. The summed E-state index contributed by atoms with van der Waals surface area (Å²) >= 11 is 0. The Morgan fingerprint density at radius 1 is 1.28 bits per heavy atom. The topological polar surface area (TPSA) is 47.6 Å². The SMILES string of the molecule is COC(=O)CCNCc1ccc(OC(C)C)cc1. The first kappa shape index (κ1) is 14.5. The van der Waals surface area contributed by atoms with Crippen LogP contribution in [0.3, 0.4) is 0 Å². The number of hydrogen-bond acceptors (Lipinski definition) is 4. The summed E-state index contributed by atoms with van der Waals surface area (Å²) in [7, 11) is 1.40. The maximum absolute atomic E-state index is 10.9. The summed E-state index contributed by atoms with van der Waals surface area (Å²) < 4.78 is 10.1. The molecule has 0 aromatic heterocycles. The first-order chi connectivity index (χ1) is 8.61. The van der Waals surface area contributed by atoms with Crippen molar-refractivity contribution in [2.24, 2.45) is 0 Å².